The molecule has 0 aliphatic heterocycles. The molecular weight excluding hydrogens is 422 g/mol. The molecule has 3 rings (SSSR count). The molecule has 0 fully saturated rings. The van der Waals surface area contributed by atoms with Crippen molar-refractivity contribution in [3.05, 3.63) is 71.1 Å². The van der Waals surface area contributed by atoms with Gasteiger partial charge in [0.05, 0.1) is 37.5 Å². The van der Waals surface area contributed by atoms with Crippen LogP contribution in [-0.4, -0.2) is 48.0 Å². The smallest absolute Gasteiger partial charge is 0.337 e. The second-order valence-electron chi connectivity index (χ2n) is 6.24. The third-order valence-electron chi connectivity index (χ3n) is 4.03. The van der Waals surface area contributed by atoms with E-state index in [4.69, 9.17) is 4.42 Å². The molecule has 1 amide bonds. The third-order valence-corrected chi connectivity index (χ3v) is 4.85. The fraction of sp³-hybridized carbons (Fsp3) is 0.190. The molecular formula is C21H19N3O6S. The molecule has 2 aromatic carbocycles. The Bertz CT molecular complexity index is 1050. The van der Waals surface area contributed by atoms with Crippen molar-refractivity contribution in [2.45, 2.75) is 11.6 Å². The zero-order valence-electron chi connectivity index (χ0n) is 16.8. The van der Waals surface area contributed by atoms with Crippen LogP contribution < -0.4 is 5.32 Å². The number of nitrogens with one attached hydrogen (secondary N) is 1. The number of carbonyl (C=O) groups excluding carboxylic acids is 3. The minimum atomic E-state index is -0.646. The van der Waals surface area contributed by atoms with E-state index in [1.165, 1.54) is 32.4 Å². The van der Waals surface area contributed by atoms with Gasteiger partial charge in [0.1, 0.15) is 0 Å². The van der Waals surface area contributed by atoms with Crippen molar-refractivity contribution < 1.29 is 28.3 Å². The summed E-state index contributed by atoms with van der Waals surface area (Å²) in [4.78, 5) is 36.0. The van der Waals surface area contributed by atoms with Gasteiger partial charge in [-0.05, 0) is 23.8 Å². The number of anilines is 1. The maximum absolute atomic E-state index is 12.3. The molecule has 160 valence electrons. The van der Waals surface area contributed by atoms with E-state index in [-0.39, 0.29) is 33.7 Å². The molecule has 1 aromatic heterocycles. The summed E-state index contributed by atoms with van der Waals surface area (Å²) in [6.45, 7) is 0. The van der Waals surface area contributed by atoms with Crippen LogP contribution in [0.3, 0.4) is 0 Å². The quantitative estimate of drug-likeness (QED) is 0.415. The summed E-state index contributed by atoms with van der Waals surface area (Å²) in [5.41, 5.74) is 1.50. The monoisotopic (exact) mass is 441 g/mol. The second-order valence-corrected chi connectivity index (χ2v) is 7.17. The summed E-state index contributed by atoms with van der Waals surface area (Å²) in [6.07, 6.45) is 0.497. The first-order valence-electron chi connectivity index (χ1n) is 9.09. The SMILES string of the molecule is COC(=O)c1cc(NC(=O)CSc2nnc(Cc3ccccc3)o2)cc(C(=O)OC)c1. The fourth-order valence-electron chi connectivity index (χ4n) is 2.63. The predicted octanol–water partition coefficient (Wildman–Crippen LogP) is 2.96. The second kappa shape index (κ2) is 10.4. The maximum atomic E-state index is 12.3. The number of nitrogens with zero attached hydrogens (tertiary/aromatic N) is 2. The first-order valence-corrected chi connectivity index (χ1v) is 10.1. The number of thioether (sulfide) groups is 1. The van der Waals surface area contributed by atoms with Crippen molar-refractivity contribution in [2.75, 3.05) is 25.3 Å². The lowest BCUT2D eigenvalue weighted by atomic mass is 10.1. The highest BCUT2D eigenvalue weighted by atomic mass is 32.2. The Hall–Kier alpha value is -3.66. The number of benzene rings is 2. The van der Waals surface area contributed by atoms with Gasteiger partial charge in [-0.2, -0.15) is 0 Å². The number of amides is 1. The molecule has 1 heterocycles. The zero-order chi connectivity index (χ0) is 22.2. The number of esters is 2. The average Bonchev–Trinajstić information content (AvgIpc) is 3.24. The Morgan fingerprint density at radius 2 is 1.61 bits per heavy atom. The lowest BCUT2D eigenvalue weighted by Gasteiger charge is -2.09. The fourth-order valence-corrected chi connectivity index (χ4v) is 3.21. The van der Waals surface area contributed by atoms with Crippen LogP contribution in [0.2, 0.25) is 0 Å². The van der Waals surface area contributed by atoms with Crippen molar-refractivity contribution in [1.82, 2.24) is 10.2 Å². The molecule has 9 nitrogen and oxygen atoms in total. The van der Waals surface area contributed by atoms with Gasteiger partial charge >= 0.3 is 11.9 Å². The van der Waals surface area contributed by atoms with E-state index in [9.17, 15) is 14.4 Å². The molecule has 0 atom stereocenters. The van der Waals surface area contributed by atoms with Gasteiger partial charge in [0.15, 0.2) is 0 Å². The molecule has 1 N–H and O–H groups in total. The van der Waals surface area contributed by atoms with E-state index in [2.05, 4.69) is 25.0 Å². The molecule has 0 radical (unpaired) electrons. The van der Waals surface area contributed by atoms with Crippen molar-refractivity contribution in [2.24, 2.45) is 0 Å². The number of rotatable bonds is 8. The minimum absolute atomic E-state index is 0.0109. The van der Waals surface area contributed by atoms with Crippen molar-refractivity contribution in [1.29, 1.82) is 0 Å². The number of hydrogen-bond acceptors (Lipinski definition) is 9. The first kappa shape index (κ1) is 22.0. The molecule has 0 saturated carbocycles. The Morgan fingerprint density at radius 3 is 2.23 bits per heavy atom. The largest absolute Gasteiger partial charge is 0.465 e. The number of aromatic nitrogens is 2. The number of carbonyl (C=O) groups is 3. The van der Waals surface area contributed by atoms with E-state index < -0.39 is 11.9 Å². The third kappa shape index (κ3) is 6.16. The lowest BCUT2D eigenvalue weighted by Crippen LogP contribution is -2.16. The summed E-state index contributed by atoms with van der Waals surface area (Å²) < 4.78 is 14.9. The Morgan fingerprint density at radius 1 is 0.968 bits per heavy atom. The van der Waals surface area contributed by atoms with Crippen LogP contribution in [0, 0.1) is 0 Å². The lowest BCUT2D eigenvalue weighted by molar-refractivity contribution is -0.113. The average molecular weight is 441 g/mol. The van der Waals surface area contributed by atoms with Gasteiger partial charge < -0.3 is 19.2 Å². The van der Waals surface area contributed by atoms with E-state index >= 15 is 0 Å². The van der Waals surface area contributed by atoms with Crippen molar-refractivity contribution in [3.8, 4) is 0 Å². The molecule has 0 aliphatic rings. The molecule has 0 bridgehead atoms. The highest BCUT2D eigenvalue weighted by molar-refractivity contribution is 7.99. The highest BCUT2D eigenvalue weighted by Crippen LogP contribution is 2.20. The Labute approximate surface area is 182 Å². The van der Waals surface area contributed by atoms with E-state index in [0.717, 1.165) is 17.3 Å². The summed E-state index contributed by atoms with van der Waals surface area (Å²) >= 11 is 1.07. The zero-order valence-corrected chi connectivity index (χ0v) is 17.6. The van der Waals surface area contributed by atoms with Crippen LogP contribution in [-0.2, 0) is 20.7 Å². The van der Waals surface area contributed by atoms with Gasteiger partial charge in [0.2, 0.25) is 11.8 Å². The number of hydrogen-bond donors (Lipinski definition) is 1. The van der Waals surface area contributed by atoms with E-state index in [1.807, 2.05) is 30.3 Å². The molecule has 0 saturated heterocycles. The molecule has 0 spiro atoms. The normalized spacial score (nSPS) is 10.4. The van der Waals surface area contributed by atoms with Crippen LogP contribution in [0.25, 0.3) is 0 Å². The van der Waals surface area contributed by atoms with Crippen molar-refractivity contribution >= 4 is 35.3 Å². The van der Waals surface area contributed by atoms with Crippen LogP contribution >= 0.6 is 11.8 Å². The van der Waals surface area contributed by atoms with Gasteiger partial charge in [-0.3, -0.25) is 4.79 Å². The standard InChI is InChI=1S/C21H19N3O6S/c1-28-19(26)14-9-15(20(27)29-2)11-16(10-14)22-17(25)12-31-21-24-23-18(30-21)8-13-6-4-3-5-7-13/h3-7,9-11H,8,12H2,1-2H3,(H,22,25). The Balaban J connectivity index is 1.62. The number of ether oxygens (including phenoxy) is 2. The molecule has 0 unspecified atom stereocenters. The minimum Gasteiger partial charge on any atom is -0.465 e. The maximum Gasteiger partial charge on any atom is 0.337 e. The van der Waals surface area contributed by atoms with Crippen LogP contribution in [0.5, 0.6) is 0 Å². The summed E-state index contributed by atoms with van der Waals surface area (Å²) in [6, 6.07) is 13.8. The summed E-state index contributed by atoms with van der Waals surface area (Å²) in [5.74, 6) is -1.24. The van der Waals surface area contributed by atoms with E-state index in [1.54, 1.807) is 0 Å². The molecule has 10 heteroatoms. The summed E-state index contributed by atoms with van der Waals surface area (Å²) in [5, 5.41) is 10.8. The topological polar surface area (TPSA) is 121 Å². The van der Waals surface area contributed by atoms with Crippen LogP contribution in [0.4, 0.5) is 5.69 Å². The van der Waals surface area contributed by atoms with Gasteiger partial charge in [0, 0.05) is 5.69 Å². The molecule has 3 aromatic rings. The van der Waals surface area contributed by atoms with E-state index in [0.29, 0.717) is 12.3 Å². The Kier molecular flexibility index (Phi) is 7.39. The van der Waals surface area contributed by atoms with Gasteiger partial charge in [-0.25, -0.2) is 9.59 Å². The predicted molar refractivity (Wildman–Crippen MR) is 112 cm³/mol. The summed E-state index contributed by atoms with van der Waals surface area (Å²) in [7, 11) is 2.44. The van der Waals surface area contributed by atoms with Gasteiger partial charge in [0.25, 0.3) is 5.22 Å². The van der Waals surface area contributed by atoms with Crippen LogP contribution in [0.15, 0.2) is 58.2 Å². The van der Waals surface area contributed by atoms with Gasteiger partial charge in [-0.15, -0.1) is 10.2 Å². The highest BCUT2D eigenvalue weighted by Gasteiger charge is 2.16. The van der Waals surface area contributed by atoms with Crippen molar-refractivity contribution in [3.63, 3.8) is 0 Å². The molecule has 0 aliphatic carbocycles. The molecule has 31 heavy (non-hydrogen) atoms. The van der Waals surface area contributed by atoms with Gasteiger partial charge in [-0.1, -0.05) is 42.1 Å². The first-order chi connectivity index (χ1) is 15.0. The number of methoxy groups -OCH3 is 2. The van der Waals surface area contributed by atoms with Crippen LogP contribution in [0.1, 0.15) is 32.2 Å².